The van der Waals surface area contributed by atoms with Crippen LogP contribution in [0.3, 0.4) is 0 Å². The van der Waals surface area contributed by atoms with E-state index in [9.17, 15) is 9.59 Å². The van der Waals surface area contributed by atoms with Crippen LogP contribution in [0.2, 0.25) is 0 Å². The first kappa shape index (κ1) is 16.6. The molecule has 1 saturated heterocycles. The molecule has 0 unspecified atom stereocenters. The normalized spacial score (nSPS) is 24.8. The Labute approximate surface area is 142 Å². The van der Waals surface area contributed by atoms with Gasteiger partial charge in [-0.05, 0) is 37.8 Å². The van der Waals surface area contributed by atoms with Crippen molar-refractivity contribution in [3.8, 4) is 0 Å². The van der Waals surface area contributed by atoms with E-state index in [1.165, 1.54) is 0 Å². The van der Waals surface area contributed by atoms with E-state index in [1.807, 2.05) is 17.0 Å². The van der Waals surface area contributed by atoms with Crippen LogP contribution in [-0.2, 0) is 4.79 Å². The molecule has 1 aliphatic heterocycles. The molecule has 0 aromatic carbocycles. The number of hydrogen-bond acceptors (Lipinski definition) is 4. The van der Waals surface area contributed by atoms with Crippen LogP contribution < -0.4 is 11.1 Å². The van der Waals surface area contributed by atoms with Gasteiger partial charge in [0.1, 0.15) is 5.69 Å². The molecule has 2 amide bonds. The fourth-order valence-electron chi connectivity index (χ4n) is 3.52. The highest BCUT2D eigenvalue weighted by Crippen LogP contribution is 2.21. The minimum Gasteiger partial charge on any atom is -0.369 e. The highest BCUT2D eigenvalue weighted by atomic mass is 16.2. The molecule has 1 fully saturated rings. The summed E-state index contributed by atoms with van der Waals surface area (Å²) in [7, 11) is 0. The summed E-state index contributed by atoms with van der Waals surface area (Å²) in [5.41, 5.74) is 6.01. The van der Waals surface area contributed by atoms with Crippen molar-refractivity contribution in [3.63, 3.8) is 0 Å². The topological polar surface area (TPSA) is 88.3 Å². The zero-order valence-corrected chi connectivity index (χ0v) is 13.7. The van der Waals surface area contributed by atoms with Gasteiger partial charge in [-0.15, -0.1) is 0 Å². The van der Waals surface area contributed by atoms with Gasteiger partial charge in [-0.1, -0.05) is 18.2 Å². The van der Waals surface area contributed by atoms with E-state index in [1.54, 1.807) is 18.3 Å². The molecule has 3 N–H and O–H groups in total. The first-order valence-electron chi connectivity index (χ1n) is 8.56. The average Bonchev–Trinajstić information content (AvgIpc) is 2.63. The number of nitrogens with zero attached hydrogens (tertiary/aromatic N) is 2. The molecule has 1 aromatic heterocycles. The summed E-state index contributed by atoms with van der Waals surface area (Å²) >= 11 is 0. The largest absolute Gasteiger partial charge is 0.369 e. The number of primary amides is 1. The predicted molar refractivity (Wildman–Crippen MR) is 91.1 cm³/mol. The highest BCUT2D eigenvalue weighted by Gasteiger charge is 2.31. The Morgan fingerprint density at radius 1 is 1.17 bits per heavy atom. The van der Waals surface area contributed by atoms with E-state index >= 15 is 0 Å². The smallest absolute Gasteiger partial charge is 0.272 e. The molecule has 0 bridgehead atoms. The zero-order chi connectivity index (χ0) is 16.9. The maximum absolute atomic E-state index is 12.4. The first-order chi connectivity index (χ1) is 11.6. The van der Waals surface area contributed by atoms with Gasteiger partial charge in [0, 0.05) is 31.4 Å². The second-order valence-electron chi connectivity index (χ2n) is 6.51. The van der Waals surface area contributed by atoms with Gasteiger partial charge in [0.25, 0.3) is 5.91 Å². The molecule has 0 saturated carbocycles. The van der Waals surface area contributed by atoms with Crippen LogP contribution >= 0.6 is 0 Å². The Morgan fingerprint density at radius 3 is 2.58 bits per heavy atom. The standard InChI is InChI=1S/C18H24N4O2/c19-17(23)14-5-1-2-6-15(14)21-13-8-11-22(12-9-13)18(24)16-7-3-4-10-20-16/h1-4,7,10,13-15,21H,5-6,8-9,11-12H2,(H2,19,23)/t14-,15-/m1/s1. The van der Waals surface area contributed by atoms with Gasteiger partial charge in [0.05, 0.1) is 5.92 Å². The number of nitrogens with one attached hydrogen (secondary N) is 1. The lowest BCUT2D eigenvalue weighted by atomic mass is 9.87. The number of pyridine rings is 1. The summed E-state index contributed by atoms with van der Waals surface area (Å²) < 4.78 is 0. The van der Waals surface area contributed by atoms with Crippen LogP contribution in [0.15, 0.2) is 36.5 Å². The molecule has 3 rings (SSSR count). The number of amides is 2. The SMILES string of the molecule is NC(=O)[C@@H]1CC=CC[C@H]1NC1CCN(C(=O)c2ccccn2)CC1. The number of carbonyl (C=O) groups is 2. The predicted octanol–water partition coefficient (Wildman–Crippen LogP) is 1.10. The monoisotopic (exact) mass is 328 g/mol. The van der Waals surface area contributed by atoms with E-state index in [-0.39, 0.29) is 23.8 Å². The molecule has 6 nitrogen and oxygen atoms in total. The molecule has 1 aromatic rings. The fraction of sp³-hybridized carbons (Fsp3) is 0.500. The van der Waals surface area contributed by atoms with Gasteiger partial charge in [-0.25, -0.2) is 0 Å². The van der Waals surface area contributed by atoms with Crippen molar-refractivity contribution in [1.82, 2.24) is 15.2 Å². The zero-order valence-electron chi connectivity index (χ0n) is 13.7. The summed E-state index contributed by atoms with van der Waals surface area (Å²) in [5.74, 6) is -0.382. The van der Waals surface area contributed by atoms with Gasteiger partial charge in [0.2, 0.25) is 5.91 Å². The lowest BCUT2D eigenvalue weighted by Crippen LogP contribution is -2.52. The van der Waals surface area contributed by atoms with Crippen LogP contribution in [-0.4, -0.2) is 46.9 Å². The molecule has 2 atom stereocenters. The molecular formula is C18H24N4O2. The van der Waals surface area contributed by atoms with E-state index in [4.69, 9.17) is 5.73 Å². The van der Waals surface area contributed by atoms with E-state index in [0.717, 1.165) is 19.3 Å². The van der Waals surface area contributed by atoms with Crippen LogP contribution in [0.4, 0.5) is 0 Å². The summed E-state index contributed by atoms with van der Waals surface area (Å²) in [6.07, 6.45) is 9.08. The van der Waals surface area contributed by atoms with Crippen molar-refractivity contribution in [3.05, 3.63) is 42.2 Å². The van der Waals surface area contributed by atoms with Crippen molar-refractivity contribution in [2.45, 2.75) is 37.8 Å². The number of aromatic nitrogens is 1. The van der Waals surface area contributed by atoms with Crippen LogP contribution in [0, 0.1) is 5.92 Å². The molecule has 0 spiro atoms. The maximum Gasteiger partial charge on any atom is 0.272 e. The van der Waals surface area contributed by atoms with E-state index in [0.29, 0.717) is 31.2 Å². The third kappa shape index (κ3) is 3.82. The molecule has 2 heterocycles. The minimum atomic E-state index is -0.236. The first-order valence-corrected chi connectivity index (χ1v) is 8.56. The second-order valence-corrected chi connectivity index (χ2v) is 6.51. The number of allylic oxidation sites excluding steroid dienone is 1. The van der Waals surface area contributed by atoms with Gasteiger partial charge >= 0.3 is 0 Å². The lowest BCUT2D eigenvalue weighted by molar-refractivity contribution is -0.122. The lowest BCUT2D eigenvalue weighted by Gasteiger charge is -2.36. The quantitative estimate of drug-likeness (QED) is 0.810. The molecule has 2 aliphatic rings. The third-order valence-corrected chi connectivity index (χ3v) is 4.91. The molecule has 0 radical (unpaired) electrons. The molecule has 6 heteroatoms. The van der Waals surface area contributed by atoms with Crippen molar-refractivity contribution >= 4 is 11.8 Å². The Kier molecular flexibility index (Phi) is 5.25. The summed E-state index contributed by atoms with van der Waals surface area (Å²) in [6, 6.07) is 5.81. The molecule has 128 valence electrons. The van der Waals surface area contributed by atoms with E-state index < -0.39 is 0 Å². The third-order valence-electron chi connectivity index (χ3n) is 4.91. The highest BCUT2D eigenvalue weighted by molar-refractivity contribution is 5.92. The summed E-state index contributed by atoms with van der Waals surface area (Å²) in [4.78, 5) is 30.0. The average molecular weight is 328 g/mol. The Morgan fingerprint density at radius 2 is 1.92 bits per heavy atom. The van der Waals surface area contributed by atoms with Gasteiger partial charge < -0.3 is 16.0 Å². The number of likely N-dealkylation sites (tertiary alicyclic amines) is 1. The van der Waals surface area contributed by atoms with Gasteiger partial charge in [-0.3, -0.25) is 14.6 Å². The fourth-order valence-corrected chi connectivity index (χ4v) is 3.52. The van der Waals surface area contributed by atoms with Crippen molar-refractivity contribution in [1.29, 1.82) is 0 Å². The summed E-state index contributed by atoms with van der Waals surface area (Å²) in [5, 5.41) is 3.58. The van der Waals surface area contributed by atoms with Crippen molar-refractivity contribution in [2.24, 2.45) is 11.7 Å². The Hall–Kier alpha value is -2.21. The number of hydrogen-bond donors (Lipinski definition) is 2. The Bertz CT molecular complexity index is 609. The number of rotatable bonds is 4. The second kappa shape index (κ2) is 7.57. The van der Waals surface area contributed by atoms with Crippen LogP contribution in [0.1, 0.15) is 36.2 Å². The molecule has 1 aliphatic carbocycles. The van der Waals surface area contributed by atoms with Gasteiger partial charge in [-0.2, -0.15) is 0 Å². The van der Waals surface area contributed by atoms with Crippen LogP contribution in [0.5, 0.6) is 0 Å². The molecule has 24 heavy (non-hydrogen) atoms. The number of nitrogens with two attached hydrogens (primary N) is 1. The van der Waals surface area contributed by atoms with E-state index in [2.05, 4.69) is 16.4 Å². The maximum atomic E-state index is 12.4. The van der Waals surface area contributed by atoms with Gasteiger partial charge in [0.15, 0.2) is 0 Å². The van der Waals surface area contributed by atoms with Crippen molar-refractivity contribution in [2.75, 3.05) is 13.1 Å². The number of piperidine rings is 1. The minimum absolute atomic E-state index is 0.00957. The number of carbonyl (C=O) groups excluding carboxylic acids is 2. The summed E-state index contributed by atoms with van der Waals surface area (Å²) in [6.45, 7) is 1.41. The Balaban J connectivity index is 1.53. The molecular weight excluding hydrogens is 304 g/mol. The van der Waals surface area contributed by atoms with Crippen LogP contribution in [0.25, 0.3) is 0 Å². The van der Waals surface area contributed by atoms with Crippen molar-refractivity contribution < 1.29 is 9.59 Å².